The van der Waals surface area contributed by atoms with Gasteiger partial charge in [0.2, 0.25) is 6.79 Å². The van der Waals surface area contributed by atoms with E-state index in [4.69, 9.17) is 15.2 Å². The van der Waals surface area contributed by atoms with Crippen LogP contribution in [0.2, 0.25) is 0 Å². The Hall–Kier alpha value is -1.53. The van der Waals surface area contributed by atoms with E-state index in [1.54, 1.807) is 13.0 Å². The van der Waals surface area contributed by atoms with Gasteiger partial charge in [0.05, 0.1) is 16.6 Å². The number of hydrogen-bond donors (Lipinski definition) is 1. The summed E-state index contributed by atoms with van der Waals surface area (Å²) in [6, 6.07) is 2.49. The molecule has 6 nitrogen and oxygen atoms in total. The Balaban J connectivity index is 0.00000128. The maximum Gasteiger partial charge on any atom is 0.278 e. The molecular formula is C9H11ClN2O4. The highest BCUT2D eigenvalue weighted by Crippen LogP contribution is 2.39. The standard InChI is InChI=1S/C9H10N2O4.ClH/c1-5(10)6-2-8-9(15-4-14-8)3-7(6)11(12)13;/h2-3,5H,4,10H2,1H3;1H/t5-;/m0./s1. The van der Waals surface area contributed by atoms with E-state index in [0.717, 1.165) is 0 Å². The Morgan fingerprint density at radius 2 is 2.00 bits per heavy atom. The van der Waals surface area contributed by atoms with Crippen LogP contribution < -0.4 is 15.2 Å². The molecule has 0 amide bonds. The molecule has 1 aliphatic rings. The maximum absolute atomic E-state index is 10.8. The molecule has 0 aliphatic carbocycles. The third kappa shape index (κ3) is 2.02. The molecule has 1 aromatic rings. The first-order valence-electron chi connectivity index (χ1n) is 4.43. The Bertz CT molecular complexity index is 422. The summed E-state index contributed by atoms with van der Waals surface area (Å²) in [6.45, 7) is 1.78. The Kier molecular flexibility index (Phi) is 3.56. The van der Waals surface area contributed by atoms with Gasteiger partial charge in [0.25, 0.3) is 5.69 Å². The Morgan fingerprint density at radius 3 is 2.50 bits per heavy atom. The molecule has 0 aromatic heterocycles. The minimum Gasteiger partial charge on any atom is -0.454 e. The van der Waals surface area contributed by atoms with Crippen LogP contribution in [0, 0.1) is 10.1 Å². The van der Waals surface area contributed by atoms with Crippen molar-refractivity contribution in [2.24, 2.45) is 5.73 Å². The first-order valence-corrected chi connectivity index (χ1v) is 4.43. The fraction of sp³-hybridized carbons (Fsp3) is 0.333. The van der Waals surface area contributed by atoms with Gasteiger partial charge in [-0.3, -0.25) is 10.1 Å². The number of nitrogens with two attached hydrogens (primary N) is 1. The highest BCUT2D eigenvalue weighted by atomic mass is 35.5. The van der Waals surface area contributed by atoms with Crippen LogP contribution in [0.5, 0.6) is 11.5 Å². The summed E-state index contributed by atoms with van der Waals surface area (Å²) in [4.78, 5) is 10.3. The van der Waals surface area contributed by atoms with Crippen molar-refractivity contribution in [1.29, 1.82) is 0 Å². The molecule has 16 heavy (non-hydrogen) atoms. The van der Waals surface area contributed by atoms with E-state index in [1.165, 1.54) is 6.07 Å². The Labute approximate surface area is 97.9 Å². The molecular weight excluding hydrogens is 236 g/mol. The number of rotatable bonds is 2. The molecule has 2 rings (SSSR count). The second kappa shape index (κ2) is 4.54. The molecule has 7 heteroatoms. The number of nitro groups is 1. The van der Waals surface area contributed by atoms with Crippen LogP contribution in [-0.4, -0.2) is 11.7 Å². The van der Waals surface area contributed by atoms with Crippen LogP contribution in [0.4, 0.5) is 5.69 Å². The lowest BCUT2D eigenvalue weighted by molar-refractivity contribution is -0.385. The van der Waals surface area contributed by atoms with Crippen molar-refractivity contribution >= 4 is 18.1 Å². The molecule has 1 aliphatic heterocycles. The Morgan fingerprint density at radius 1 is 1.44 bits per heavy atom. The number of ether oxygens (including phenoxy) is 2. The van der Waals surface area contributed by atoms with E-state index in [-0.39, 0.29) is 24.9 Å². The molecule has 0 spiro atoms. The van der Waals surface area contributed by atoms with Gasteiger partial charge >= 0.3 is 0 Å². The van der Waals surface area contributed by atoms with Gasteiger partial charge in [0.1, 0.15) is 0 Å². The number of nitrogens with zero attached hydrogens (tertiary/aromatic N) is 1. The largest absolute Gasteiger partial charge is 0.454 e. The molecule has 0 radical (unpaired) electrons. The maximum atomic E-state index is 10.8. The molecule has 88 valence electrons. The van der Waals surface area contributed by atoms with Crippen LogP contribution in [0.15, 0.2) is 12.1 Å². The first kappa shape index (κ1) is 12.5. The molecule has 1 aromatic carbocycles. The van der Waals surface area contributed by atoms with Crippen LogP contribution in [0.3, 0.4) is 0 Å². The van der Waals surface area contributed by atoms with Crippen molar-refractivity contribution in [3.63, 3.8) is 0 Å². The second-order valence-corrected chi connectivity index (χ2v) is 3.31. The van der Waals surface area contributed by atoms with Crippen LogP contribution in [0.1, 0.15) is 18.5 Å². The van der Waals surface area contributed by atoms with Gasteiger partial charge in [0, 0.05) is 6.04 Å². The highest BCUT2D eigenvalue weighted by Gasteiger charge is 2.24. The smallest absolute Gasteiger partial charge is 0.278 e. The molecule has 0 saturated heterocycles. The third-order valence-corrected chi connectivity index (χ3v) is 2.21. The zero-order chi connectivity index (χ0) is 11.0. The molecule has 0 saturated carbocycles. The fourth-order valence-electron chi connectivity index (χ4n) is 1.47. The zero-order valence-corrected chi connectivity index (χ0v) is 9.32. The lowest BCUT2D eigenvalue weighted by atomic mass is 10.1. The molecule has 2 N–H and O–H groups in total. The van der Waals surface area contributed by atoms with Gasteiger partial charge in [-0.1, -0.05) is 0 Å². The van der Waals surface area contributed by atoms with Crippen LogP contribution in [-0.2, 0) is 0 Å². The summed E-state index contributed by atoms with van der Waals surface area (Å²) in [7, 11) is 0. The van der Waals surface area contributed by atoms with E-state index in [9.17, 15) is 10.1 Å². The molecule has 1 heterocycles. The SMILES string of the molecule is C[C@H](N)c1cc2c(cc1[N+](=O)[O-])OCO2.Cl. The zero-order valence-electron chi connectivity index (χ0n) is 8.50. The first-order chi connectivity index (χ1) is 7.09. The van der Waals surface area contributed by atoms with Crippen molar-refractivity contribution in [1.82, 2.24) is 0 Å². The summed E-state index contributed by atoms with van der Waals surface area (Å²) >= 11 is 0. The van der Waals surface area contributed by atoms with Gasteiger partial charge < -0.3 is 15.2 Å². The lowest BCUT2D eigenvalue weighted by Gasteiger charge is -2.07. The van der Waals surface area contributed by atoms with Gasteiger partial charge in [-0.25, -0.2) is 0 Å². The predicted molar refractivity (Wildman–Crippen MR) is 59.1 cm³/mol. The van der Waals surface area contributed by atoms with Gasteiger partial charge in [-0.05, 0) is 13.0 Å². The summed E-state index contributed by atoms with van der Waals surface area (Å²) in [6.07, 6.45) is 0. The molecule has 0 bridgehead atoms. The van der Waals surface area contributed by atoms with Gasteiger partial charge in [-0.15, -0.1) is 12.4 Å². The third-order valence-electron chi connectivity index (χ3n) is 2.21. The fourth-order valence-corrected chi connectivity index (χ4v) is 1.47. The van der Waals surface area contributed by atoms with Crippen LogP contribution >= 0.6 is 12.4 Å². The summed E-state index contributed by atoms with van der Waals surface area (Å²) in [5, 5.41) is 10.8. The van der Waals surface area contributed by atoms with E-state index >= 15 is 0 Å². The predicted octanol–water partition coefficient (Wildman–Crippen LogP) is 1.77. The van der Waals surface area contributed by atoms with E-state index in [1.807, 2.05) is 0 Å². The quantitative estimate of drug-likeness (QED) is 0.635. The van der Waals surface area contributed by atoms with E-state index < -0.39 is 11.0 Å². The summed E-state index contributed by atoms with van der Waals surface area (Å²) in [5.41, 5.74) is 6.06. The van der Waals surface area contributed by atoms with Crippen molar-refractivity contribution in [2.75, 3.05) is 6.79 Å². The topological polar surface area (TPSA) is 87.6 Å². The van der Waals surface area contributed by atoms with Crippen molar-refractivity contribution in [3.8, 4) is 11.5 Å². The minimum atomic E-state index is -0.472. The number of fused-ring (bicyclic) bond motifs is 1. The van der Waals surface area contributed by atoms with Gasteiger partial charge in [-0.2, -0.15) is 0 Å². The van der Waals surface area contributed by atoms with Crippen LogP contribution in [0.25, 0.3) is 0 Å². The van der Waals surface area contributed by atoms with Crippen molar-refractivity contribution in [2.45, 2.75) is 13.0 Å². The number of nitro benzene ring substituents is 1. The normalized spacial score (nSPS) is 14.1. The van der Waals surface area contributed by atoms with Crippen molar-refractivity contribution in [3.05, 3.63) is 27.8 Å². The van der Waals surface area contributed by atoms with E-state index in [2.05, 4.69) is 0 Å². The average molecular weight is 247 g/mol. The second-order valence-electron chi connectivity index (χ2n) is 3.31. The lowest BCUT2D eigenvalue weighted by Crippen LogP contribution is -2.08. The number of hydrogen-bond acceptors (Lipinski definition) is 5. The van der Waals surface area contributed by atoms with Gasteiger partial charge in [0.15, 0.2) is 11.5 Å². The summed E-state index contributed by atoms with van der Waals surface area (Å²) in [5.74, 6) is 0.902. The minimum absolute atomic E-state index is 0. The number of benzene rings is 1. The monoisotopic (exact) mass is 246 g/mol. The molecule has 1 atom stereocenters. The average Bonchev–Trinajstić information content (AvgIpc) is 2.61. The highest BCUT2D eigenvalue weighted by molar-refractivity contribution is 5.85. The molecule has 0 unspecified atom stereocenters. The van der Waals surface area contributed by atoms with E-state index in [0.29, 0.717) is 17.1 Å². The van der Waals surface area contributed by atoms with Crippen molar-refractivity contribution < 1.29 is 14.4 Å². The number of halogens is 1. The molecule has 0 fully saturated rings. The summed E-state index contributed by atoms with van der Waals surface area (Å²) < 4.78 is 10.2.